The van der Waals surface area contributed by atoms with E-state index in [1.807, 2.05) is 0 Å². The van der Waals surface area contributed by atoms with Crippen LogP contribution < -0.4 is 5.73 Å². The smallest absolute Gasteiger partial charge is 0.183 e. The molecule has 0 amide bonds. The molecule has 0 bridgehead atoms. The Morgan fingerprint density at radius 1 is 1.35 bits per heavy atom. The van der Waals surface area contributed by atoms with Gasteiger partial charge in [0.15, 0.2) is 5.82 Å². The molecule has 0 unspecified atom stereocenters. The molecule has 17 heavy (non-hydrogen) atoms. The third-order valence-corrected chi connectivity index (χ3v) is 2.88. The number of nitrogen functional groups attached to an aromatic ring is 1. The van der Waals surface area contributed by atoms with Crippen molar-refractivity contribution in [3.05, 3.63) is 28.0 Å². The van der Waals surface area contributed by atoms with Crippen LogP contribution in [-0.2, 0) is 6.42 Å². The number of aryl methyl sites for hydroxylation is 1. The fourth-order valence-corrected chi connectivity index (χ4v) is 2.03. The van der Waals surface area contributed by atoms with Crippen molar-refractivity contribution in [1.29, 1.82) is 0 Å². The van der Waals surface area contributed by atoms with Crippen LogP contribution in [0.15, 0.2) is 12.1 Å². The van der Waals surface area contributed by atoms with Crippen LogP contribution in [-0.4, -0.2) is 15.2 Å². The van der Waals surface area contributed by atoms with Crippen LogP contribution in [0.5, 0.6) is 0 Å². The maximum atomic E-state index is 5.96. The maximum absolute atomic E-state index is 5.96. The number of aromatic amines is 1. The number of nitrogens with one attached hydrogen (secondary N) is 1. The second kappa shape index (κ2) is 4.94. The van der Waals surface area contributed by atoms with Crippen molar-refractivity contribution in [3.8, 4) is 11.4 Å². The summed E-state index contributed by atoms with van der Waals surface area (Å²) >= 11 is 11.9. The lowest BCUT2D eigenvalue weighted by molar-refractivity contribution is 0.841. The zero-order chi connectivity index (χ0) is 12.4. The minimum absolute atomic E-state index is 0.411. The summed E-state index contributed by atoms with van der Waals surface area (Å²) in [7, 11) is 0. The van der Waals surface area contributed by atoms with Gasteiger partial charge in [0.2, 0.25) is 0 Å². The van der Waals surface area contributed by atoms with E-state index < -0.39 is 0 Å². The van der Waals surface area contributed by atoms with Crippen molar-refractivity contribution in [3.63, 3.8) is 0 Å². The van der Waals surface area contributed by atoms with Gasteiger partial charge in [0.1, 0.15) is 5.82 Å². The Kier molecular flexibility index (Phi) is 3.54. The first-order valence-electron chi connectivity index (χ1n) is 5.28. The molecule has 90 valence electrons. The van der Waals surface area contributed by atoms with Gasteiger partial charge in [-0.25, -0.2) is 4.98 Å². The number of halogens is 2. The van der Waals surface area contributed by atoms with Gasteiger partial charge in [0, 0.05) is 17.0 Å². The van der Waals surface area contributed by atoms with Crippen molar-refractivity contribution in [1.82, 2.24) is 15.2 Å². The zero-order valence-corrected chi connectivity index (χ0v) is 10.8. The van der Waals surface area contributed by atoms with Crippen molar-refractivity contribution >= 4 is 28.9 Å². The van der Waals surface area contributed by atoms with Gasteiger partial charge in [-0.1, -0.05) is 30.1 Å². The Labute approximate surface area is 109 Å². The highest BCUT2D eigenvalue weighted by Gasteiger charge is 2.12. The molecule has 6 heteroatoms. The van der Waals surface area contributed by atoms with Gasteiger partial charge in [0.05, 0.1) is 10.7 Å². The second-order valence-electron chi connectivity index (χ2n) is 3.70. The summed E-state index contributed by atoms with van der Waals surface area (Å²) in [6.45, 7) is 2.08. The second-order valence-corrected chi connectivity index (χ2v) is 4.55. The number of nitrogens with two attached hydrogens (primary N) is 1. The SMILES string of the molecule is CCCc1nc(-c2cc(Cl)cc(Cl)c2N)n[nH]1. The van der Waals surface area contributed by atoms with Crippen LogP contribution in [0.4, 0.5) is 5.69 Å². The van der Waals surface area contributed by atoms with Crippen molar-refractivity contribution in [2.45, 2.75) is 19.8 Å². The Morgan fingerprint density at radius 2 is 2.12 bits per heavy atom. The number of hydrogen-bond donors (Lipinski definition) is 2. The van der Waals surface area contributed by atoms with Crippen molar-refractivity contribution in [2.24, 2.45) is 0 Å². The molecule has 1 aromatic heterocycles. The first-order chi connectivity index (χ1) is 8.11. The predicted octanol–water partition coefficient (Wildman–Crippen LogP) is 3.31. The summed E-state index contributed by atoms with van der Waals surface area (Å²) in [4.78, 5) is 4.35. The number of nitrogens with zero attached hydrogens (tertiary/aromatic N) is 2. The number of H-pyrrole nitrogens is 1. The van der Waals surface area contributed by atoms with E-state index in [4.69, 9.17) is 28.9 Å². The normalized spacial score (nSPS) is 10.8. The monoisotopic (exact) mass is 270 g/mol. The molecule has 0 radical (unpaired) electrons. The van der Waals surface area contributed by atoms with E-state index in [1.54, 1.807) is 12.1 Å². The standard InChI is InChI=1S/C11H12Cl2N4/c1-2-3-9-15-11(17-16-9)7-4-6(12)5-8(13)10(7)14/h4-5H,2-3,14H2,1H3,(H,15,16,17). The summed E-state index contributed by atoms with van der Waals surface area (Å²) in [5.74, 6) is 1.35. The third-order valence-electron chi connectivity index (χ3n) is 2.35. The van der Waals surface area contributed by atoms with Gasteiger partial charge < -0.3 is 5.73 Å². The molecule has 4 nitrogen and oxygen atoms in total. The highest BCUT2D eigenvalue weighted by molar-refractivity contribution is 6.37. The molecule has 0 aliphatic rings. The van der Waals surface area contributed by atoms with Gasteiger partial charge in [0.25, 0.3) is 0 Å². The van der Waals surface area contributed by atoms with E-state index >= 15 is 0 Å². The van der Waals surface area contributed by atoms with Gasteiger partial charge >= 0.3 is 0 Å². The van der Waals surface area contributed by atoms with Crippen molar-refractivity contribution in [2.75, 3.05) is 5.73 Å². The Bertz CT molecular complexity index is 536. The molecular formula is C11H12Cl2N4. The Hall–Kier alpha value is -1.26. The first kappa shape index (κ1) is 12.2. The summed E-state index contributed by atoms with van der Waals surface area (Å²) in [5, 5.41) is 7.91. The van der Waals surface area contributed by atoms with Crippen LogP contribution in [0.2, 0.25) is 10.0 Å². The van der Waals surface area contributed by atoms with Crippen LogP contribution in [0.25, 0.3) is 11.4 Å². The summed E-state index contributed by atoms with van der Waals surface area (Å²) in [6, 6.07) is 3.31. The van der Waals surface area contributed by atoms with E-state index in [0.29, 0.717) is 27.1 Å². The van der Waals surface area contributed by atoms with E-state index in [9.17, 15) is 0 Å². The van der Waals surface area contributed by atoms with Crippen molar-refractivity contribution < 1.29 is 0 Å². The lowest BCUT2D eigenvalue weighted by Crippen LogP contribution is -1.93. The zero-order valence-electron chi connectivity index (χ0n) is 9.30. The molecule has 1 heterocycles. The molecule has 1 aromatic carbocycles. The number of aromatic nitrogens is 3. The Balaban J connectivity index is 2.44. The Morgan fingerprint density at radius 3 is 2.82 bits per heavy atom. The predicted molar refractivity (Wildman–Crippen MR) is 70.2 cm³/mol. The van der Waals surface area contributed by atoms with E-state index in [-0.39, 0.29) is 0 Å². The topological polar surface area (TPSA) is 67.6 Å². The highest BCUT2D eigenvalue weighted by atomic mass is 35.5. The highest BCUT2D eigenvalue weighted by Crippen LogP contribution is 2.33. The van der Waals surface area contributed by atoms with Crippen LogP contribution >= 0.6 is 23.2 Å². The first-order valence-corrected chi connectivity index (χ1v) is 6.03. The molecule has 2 rings (SSSR count). The molecule has 3 N–H and O–H groups in total. The third kappa shape index (κ3) is 2.53. The van der Waals surface area contributed by atoms with Gasteiger partial charge in [-0.3, -0.25) is 5.10 Å². The minimum Gasteiger partial charge on any atom is -0.397 e. The molecule has 0 saturated carbocycles. The maximum Gasteiger partial charge on any atom is 0.183 e. The van der Waals surface area contributed by atoms with Crippen LogP contribution in [0.1, 0.15) is 19.2 Å². The molecular weight excluding hydrogens is 259 g/mol. The average Bonchev–Trinajstić information content (AvgIpc) is 2.72. The van der Waals surface area contributed by atoms with E-state index in [2.05, 4.69) is 22.1 Å². The van der Waals surface area contributed by atoms with E-state index in [1.165, 1.54) is 0 Å². The molecule has 0 atom stereocenters. The number of benzene rings is 1. The average molecular weight is 271 g/mol. The summed E-state index contributed by atoms with van der Waals surface area (Å²) in [5.41, 5.74) is 6.98. The largest absolute Gasteiger partial charge is 0.397 e. The van der Waals surface area contributed by atoms with Gasteiger partial charge in [-0.05, 0) is 18.6 Å². The fourth-order valence-electron chi connectivity index (χ4n) is 1.53. The quantitative estimate of drug-likeness (QED) is 0.841. The van der Waals surface area contributed by atoms with Crippen LogP contribution in [0, 0.1) is 0 Å². The lowest BCUT2D eigenvalue weighted by atomic mass is 10.1. The van der Waals surface area contributed by atoms with Gasteiger partial charge in [-0.15, -0.1) is 0 Å². The van der Waals surface area contributed by atoms with Gasteiger partial charge in [-0.2, -0.15) is 5.10 Å². The van der Waals surface area contributed by atoms with E-state index in [0.717, 1.165) is 18.7 Å². The lowest BCUT2D eigenvalue weighted by Gasteiger charge is -2.04. The molecule has 0 fully saturated rings. The molecule has 0 saturated heterocycles. The molecule has 2 aromatic rings. The minimum atomic E-state index is 0.411. The summed E-state index contributed by atoms with van der Waals surface area (Å²) in [6.07, 6.45) is 1.85. The number of rotatable bonds is 3. The molecule has 0 aliphatic carbocycles. The summed E-state index contributed by atoms with van der Waals surface area (Å²) < 4.78 is 0. The fraction of sp³-hybridized carbons (Fsp3) is 0.273. The van der Waals surface area contributed by atoms with Crippen LogP contribution in [0.3, 0.4) is 0 Å². The number of anilines is 1. The molecule has 0 spiro atoms. The number of hydrogen-bond acceptors (Lipinski definition) is 3. The molecule has 0 aliphatic heterocycles.